The Kier molecular flexibility index (Phi) is 6.58. The monoisotopic (exact) mass is 532 g/mol. The molecule has 6 rings (SSSR count). The number of amides is 1. The molecule has 1 aliphatic rings. The number of imidazole rings is 1. The zero-order chi connectivity index (χ0) is 24.5. The molecule has 1 fully saturated rings. The summed E-state index contributed by atoms with van der Waals surface area (Å²) < 4.78 is 2.19. The topological polar surface area (TPSA) is 75.4 Å². The van der Waals surface area contributed by atoms with Gasteiger partial charge in [0.15, 0.2) is 4.96 Å². The lowest BCUT2D eigenvalue weighted by atomic mass is 10.1. The van der Waals surface area contributed by atoms with Gasteiger partial charge in [0.25, 0.3) is 5.91 Å². The minimum Gasteiger partial charge on any atom is -0.321 e. The molecule has 0 atom stereocenters. The quantitative estimate of drug-likeness (QED) is 0.303. The molecule has 0 radical (unpaired) electrons. The molecule has 7 nitrogen and oxygen atoms in total. The molecule has 0 aliphatic carbocycles. The van der Waals surface area contributed by atoms with Crippen molar-refractivity contribution in [2.24, 2.45) is 0 Å². The van der Waals surface area contributed by atoms with Crippen molar-refractivity contribution in [3.05, 3.63) is 76.6 Å². The summed E-state index contributed by atoms with van der Waals surface area (Å²) >= 11 is 5.06. The second-order valence-corrected chi connectivity index (χ2v) is 11.6. The molecular weight excluding hydrogens is 509 g/mol. The van der Waals surface area contributed by atoms with Gasteiger partial charge >= 0.3 is 0 Å². The van der Waals surface area contributed by atoms with E-state index < -0.39 is 0 Å². The standard InChI is InChI=1S/C26H24N6OS3/c1-17-23(36-25(28-17)18-5-4-8-27-13-18)24(33)29-21-7-3-2-6-20(21)22-15-32-19(16-35-26(32)30-22)14-31-9-11-34-12-10-31/h2-8,13,15-16H,9-12,14H2,1H3,(H,29,33). The van der Waals surface area contributed by atoms with Gasteiger partial charge in [-0.25, -0.2) is 9.97 Å². The molecule has 1 aliphatic heterocycles. The van der Waals surface area contributed by atoms with Crippen LogP contribution in [0.1, 0.15) is 21.1 Å². The Balaban J connectivity index is 1.26. The Labute approximate surface area is 221 Å². The lowest BCUT2D eigenvalue weighted by Gasteiger charge is -2.25. The molecule has 10 heteroatoms. The van der Waals surface area contributed by atoms with Gasteiger partial charge in [0.2, 0.25) is 0 Å². The predicted octanol–water partition coefficient (Wildman–Crippen LogP) is 5.69. The van der Waals surface area contributed by atoms with Crippen LogP contribution in [0.25, 0.3) is 26.8 Å². The summed E-state index contributed by atoms with van der Waals surface area (Å²) in [7, 11) is 0. The van der Waals surface area contributed by atoms with Gasteiger partial charge in [-0.2, -0.15) is 11.8 Å². The van der Waals surface area contributed by atoms with Crippen LogP contribution in [0.15, 0.2) is 60.4 Å². The number of fused-ring (bicyclic) bond motifs is 1. The van der Waals surface area contributed by atoms with Crippen molar-refractivity contribution in [2.45, 2.75) is 13.5 Å². The predicted molar refractivity (Wildman–Crippen MR) is 149 cm³/mol. The number of rotatable bonds is 6. The van der Waals surface area contributed by atoms with Crippen molar-refractivity contribution in [3.63, 3.8) is 0 Å². The Morgan fingerprint density at radius 3 is 2.81 bits per heavy atom. The lowest BCUT2D eigenvalue weighted by Crippen LogP contribution is -2.32. The van der Waals surface area contributed by atoms with Crippen LogP contribution in [0.5, 0.6) is 0 Å². The largest absolute Gasteiger partial charge is 0.321 e. The molecule has 1 amide bonds. The number of carbonyl (C=O) groups excluding carboxylic acids is 1. The number of anilines is 1. The third-order valence-corrected chi connectivity index (χ3v) is 9.17. The van der Waals surface area contributed by atoms with Crippen LogP contribution in [-0.4, -0.2) is 54.8 Å². The highest BCUT2D eigenvalue weighted by Crippen LogP contribution is 2.32. The zero-order valence-electron chi connectivity index (χ0n) is 19.7. The average molecular weight is 533 g/mol. The van der Waals surface area contributed by atoms with Crippen LogP contribution >= 0.6 is 34.4 Å². The van der Waals surface area contributed by atoms with Crippen molar-refractivity contribution in [2.75, 3.05) is 29.9 Å². The van der Waals surface area contributed by atoms with Crippen molar-refractivity contribution in [1.82, 2.24) is 24.3 Å². The minimum absolute atomic E-state index is 0.169. The van der Waals surface area contributed by atoms with E-state index in [1.807, 2.05) is 55.1 Å². The highest BCUT2D eigenvalue weighted by Gasteiger charge is 2.20. The van der Waals surface area contributed by atoms with E-state index in [0.29, 0.717) is 10.6 Å². The second-order valence-electron chi connectivity index (χ2n) is 8.57. The van der Waals surface area contributed by atoms with E-state index in [4.69, 9.17) is 4.98 Å². The van der Waals surface area contributed by atoms with E-state index in [9.17, 15) is 4.79 Å². The second kappa shape index (κ2) is 10.1. The molecule has 0 spiro atoms. The first-order valence-corrected chi connectivity index (χ1v) is 14.5. The first kappa shape index (κ1) is 23.4. The van der Waals surface area contributed by atoms with E-state index in [1.54, 1.807) is 23.7 Å². The van der Waals surface area contributed by atoms with Crippen molar-refractivity contribution >= 4 is 51.0 Å². The minimum atomic E-state index is -0.169. The van der Waals surface area contributed by atoms with Gasteiger partial charge in [-0.15, -0.1) is 22.7 Å². The summed E-state index contributed by atoms with van der Waals surface area (Å²) in [5.41, 5.74) is 5.35. The number of carbonyl (C=O) groups is 1. The summed E-state index contributed by atoms with van der Waals surface area (Å²) in [6.45, 7) is 5.04. The number of aromatic nitrogens is 4. The number of aryl methyl sites for hydroxylation is 1. The lowest BCUT2D eigenvalue weighted by molar-refractivity contribution is 0.103. The number of para-hydroxylation sites is 1. The van der Waals surface area contributed by atoms with Crippen molar-refractivity contribution in [1.29, 1.82) is 0 Å². The Bertz CT molecular complexity index is 1520. The van der Waals surface area contributed by atoms with E-state index in [2.05, 4.69) is 36.2 Å². The SMILES string of the molecule is Cc1nc(-c2cccnc2)sc1C(=O)Nc1ccccc1-c1cn2c(CN3CCSCC3)csc2n1. The first-order valence-electron chi connectivity index (χ1n) is 11.7. The van der Waals surface area contributed by atoms with E-state index in [1.165, 1.54) is 28.5 Å². The van der Waals surface area contributed by atoms with Gasteiger partial charge in [-0.1, -0.05) is 18.2 Å². The van der Waals surface area contributed by atoms with Crippen LogP contribution in [-0.2, 0) is 6.54 Å². The molecule has 1 N–H and O–H groups in total. The van der Waals surface area contributed by atoms with Gasteiger partial charge < -0.3 is 5.32 Å². The van der Waals surface area contributed by atoms with Gasteiger partial charge in [-0.05, 0) is 25.1 Å². The van der Waals surface area contributed by atoms with E-state index in [-0.39, 0.29) is 5.91 Å². The van der Waals surface area contributed by atoms with Crippen LogP contribution in [0.4, 0.5) is 5.69 Å². The molecule has 5 heterocycles. The molecule has 0 saturated carbocycles. The fraction of sp³-hybridized carbons (Fsp3) is 0.231. The maximum Gasteiger partial charge on any atom is 0.267 e. The van der Waals surface area contributed by atoms with Crippen molar-refractivity contribution < 1.29 is 4.79 Å². The molecule has 0 bridgehead atoms. The van der Waals surface area contributed by atoms with Crippen LogP contribution in [0.3, 0.4) is 0 Å². The molecule has 0 unspecified atom stereocenters. The molecule has 1 aromatic carbocycles. The summed E-state index contributed by atoms with van der Waals surface area (Å²) in [6, 6.07) is 11.6. The highest BCUT2D eigenvalue weighted by atomic mass is 32.2. The zero-order valence-corrected chi connectivity index (χ0v) is 22.1. The van der Waals surface area contributed by atoms with E-state index in [0.717, 1.165) is 52.1 Å². The summed E-state index contributed by atoms with van der Waals surface area (Å²) in [6.07, 6.45) is 5.58. The number of hydrogen-bond acceptors (Lipinski definition) is 8. The molecular formula is C26H24N6OS3. The number of nitrogens with zero attached hydrogens (tertiary/aromatic N) is 5. The fourth-order valence-electron chi connectivity index (χ4n) is 4.28. The molecule has 1 saturated heterocycles. The Morgan fingerprint density at radius 2 is 1.97 bits per heavy atom. The van der Waals surface area contributed by atoms with Crippen LogP contribution in [0, 0.1) is 6.92 Å². The highest BCUT2D eigenvalue weighted by molar-refractivity contribution is 7.99. The maximum absolute atomic E-state index is 13.3. The summed E-state index contributed by atoms with van der Waals surface area (Å²) in [5, 5.41) is 6.09. The third kappa shape index (κ3) is 4.69. The number of thioether (sulfide) groups is 1. The van der Waals surface area contributed by atoms with E-state index >= 15 is 0 Å². The van der Waals surface area contributed by atoms with Gasteiger partial charge in [0.05, 0.1) is 17.1 Å². The average Bonchev–Trinajstić information content (AvgIpc) is 3.61. The molecule has 5 aromatic rings. The van der Waals surface area contributed by atoms with Gasteiger partial charge in [-0.3, -0.25) is 19.1 Å². The number of nitrogens with one attached hydrogen (secondary N) is 1. The van der Waals surface area contributed by atoms with Crippen molar-refractivity contribution in [3.8, 4) is 21.8 Å². The smallest absolute Gasteiger partial charge is 0.267 e. The van der Waals surface area contributed by atoms with Gasteiger partial charge in [0.1, 0.15) is 9.88 Å². The number of pyridine rings is 1. The summed E-state index contributed by atoms with van der Waals surface area (Å²) in [4.78, 5) is 31.0. The number of benzene rings is 1. The van der Waals surface area contributed by atoms with Gasteiger partial charge in [0, 0.05) is 71.9 Å². The van der Waals surface area contributed by atoms with Crippen LogP contribution < -0.4 is 5.32 Å². The fourth-order valence-corrected chi connectivity index (χ4v) is 7.07. The van der Waals surface area contributed by atoms with Crippen LogP contribution in [0.2, 0.25) is 0 Å². The Hall–Kier alpha value is -3.05. The molecule has 182 valence electrons. The molecule has 4 aromatic heterocycles. The molecule has 36 heavy (non-hydrogen) atoms. The number of hydrogen-bond donors (Lipinski definition) is 1. The Morgan fingerprint density at radius 1 is 1.11 bits per heavy atom. The third-order valence-electron chi connectivity index (χ3n) is 6.14. The first-order chi connectivity index (χ1) is 17.7. The summed E-state index contributed by atoms with van der Waals surface area (Å²) in [5.74, 6) is 2.22. The normalized spacial score (nSPS) is 14.4. The maximum atomic E-state index is 13.3. The number of thiazole rings is 2.